The van der Waals surface area contributed by atoms with E-state index in [0.717, 1.165) is 38.2 Å². The Hall–Kier alpha value is -0.940. The average Bonchev–Trinajstić information content (AvgIpc) is 2.73. The van der Waals surface area contributed by atoms with Crippen molar-refractivity contribution < 1.29 is 0 Å². The van der Waals surface area contributed by atoms with E-state index in [2.05, 4.69) is 15.6 Å². The van der Waals surface area contributed by atoms with Crippen LogP contribution in [0.3, 0.4) is 0 Å². The zero-order chi connectivity index (χ0) is 9.60. The Morgan fingerprint density at radius 1 is 1.50 bits per heavy atom. The van der Waals surface area contributed by atoms with E-state index in [1.807, 2.05) is 4.68 Å². The fourth-order valence-corrected chi connectivity index (χ4v) is 2.73. The smallest absolute Gasteiger partial charge is 0.0761 e. The predicted octanol–water partition coefficient (Wildman–Crippen LogP) is -0.339. The minimum atomic E-state index is 0.125. The fraction of sp³-hybridized carbons (Fsp3) is 0.778. The van der Waals surface area contributed by atoms with Crippen LogP contribution in [0.2, 0.25) is 0 Å². The number of nitrogens with zero attached hydrogens (tertiary/aromatic N) is 3. The second-order valence-corrected chi connectivity index (χ2v) is 4.41. The lowest BCUT2D eigenvalue weighted by Crippen LogP contribution is -2.42. The van der Waals surface area contributed by atoms with Crippen LogP contribution in [0.15, 0.2) is 6.20 Å². The van der Waals surface area contributed by atoms with Crippen LogP contribution >= 0.6 is 0 Å². The first kappa shape index (κ1) is 8.38. The number of hydrogen-bond acceptors (Lipinski definition) is 4. The molecule has 14 heavy (non-hydrogen) atoms. The van der Waals surface area contributed by atoms with Crippen molar-refractivity contribution in [1.82, 2.24) is 20.3 Å². The van der Waals surface area contributed by atoms with E-state index in [1.165, 1.54) is 0 Å². The van der Waals surface area contributed by atoms with Crippen LogP contribution in [0.5, 0.6) is 0 Å². The first-order chi connectivity index (χ1) is 6.82. The van der Waals surface area contributed by atoms with Crippen molar-refractivity contribution >= 4 is 0 Å². The van der Waals surface area contributed by atoms with Crippen molar-refractivity contribution in [3.05, 3.63) is 11.9 Å². The van der Waals surface area contributed by atoms with E-state index in [9.17, 15) is 0 Å². The number of rotatable bonds is 0. The number of nitrogens with two attached hydrogens (primary N) is 1. The highest BCUT2D eigenvalue weighted by Gasteiger charge is 2.45. The average molecular weight is 193 g/mol. The molecule has 1 atom stereocenters. The second-order valence-electron chi connectivity index (χ2n) is 4.41. The summed E-state index contributed by atoms with van der Waals surface area (Å²) in [4.78, 5) is 0. The van der Waals surface area contributed by atoms with E-state index in [1.54, 1.807) is 6.20 Å². The quantitative estimate of drug-likeness (QED) is 0.591. The standard InChI is InChI=1S/C9H15N5/c10-8-7-5-12-13-14(7)6-9(8)1-3-11-4-2-9/h5,8,11H,1-4,6,10H2. The molecular weight excluding hydrogens is 178 g/mol. The summed E-state index contributed by atoms with van der Waals surface area (Å²) < 4.78 is 1.97. The Morgan fingerprint density at radius 3 is 3.00 bits per heavy atom. The molecule has 3 rings (SSSR count). The van der Waals surface area contributed by atoms with E-state index >= 15 is 0 Å². The van der Waals surface area contributed by atoms with Gasteiger partial charge in [-0.2, -0.15) is 0 Å². The minimum Gasteiger partial charge on any atom is -0.322 e. The maximum absolute atomic E-state index is 6.27. The molecule has 1 fully saturated rings. The van der Waals surface area contributed by atoms with Crippen LogP contribution in [0.25, 0.3) is 0 Å². The van der Waals surface area contributed by atoms with Crippen LogP contribution < -0.4 is 11.1 Å². The maximum atomic E-state index is 6.27. The monoisotopic (exact) mass is 193 g/mol. The summed E-state index contributed by atoms with van der Waals surface area (Å²) in [6.07, 6.45) is 4.11. The first-order valence-corrected chi connectivity index (χ1v) is 5.17. The van der Waals surface area contributed by atoms with E-state index in [-0.39, 0.29) is 11.5 Å². The molecule has 0 radical (unpaired) electrons. The van der Waals surface area contributed by atoms with Crippen LogP contribution in [0.1, 0.15) is 24.6 Å². The summed E-state index contributed by atoms with van der Waals surface area (Å²) in [5, 5.41) is 11.3. The van der Waals surface area contributed by atoms with Gasteiger partial charge in [-0.15, -0.1) is 5.10 Å². The van der Waals surface area contributed by atoms with Gasteiger partial charge in [-0.1, -0.05) is 5.21 Å². The van der Waals surface area contributed by atoms with Gasteiger partial charge in [-0.05, 0) is 25.9 Å². The molecule has 3 heterocycles. The van der Waals surface area contributed by atoms with Crippen LogP contribution in [0, 0.1) is 5.41 Å². The second kappa shape index (κ2) is 2.77. The lowest BCUT2D eigenvalue weighted by atomic mass is 9.74. The predicted molar refractivity (Wildman–Crippen MR) is 51.5 cm³/mol. The zero-order valence-corrected chi connectivity index (χ0v) is 8.11. The summed E-state index contributed by atoms with van der Waals surface area (Å²) in [6, 6.07) is 0.125. The molecule has 76 valence electrons. The third-order valence-corrected chi connectivity index (χ3v) is 3.69. The zero-order valence-electron chi connectivity index (χ0n) is 8.11. The highest BCUT2D eigenvalue weighted by atomic mass is 15.4. The first-order valence-electron chi connectivity index (χ1n) is 5.17. The van der Waals surface area contributed by atoms with Crippen LogP contribution in [0.4, 0.5) is 0 Å². The Balaban J connectivity index is 1.94. The normalized spacial score (nSPS) is 29.4. The summed E-state index contributed by atoms with van der Waals surface area (Å²) >= 11 is 0. The summed E-state index contributed by atoms with van der Waals surface area (Å²) in [5.74, 6) is 0. The lowest BCUT2D eigenvalue weighted by Gasteiger charge is -2.36. The molecule has 1 aromatic heterocycles. The Labute approximate surface area is 82.7 Å². The van der Waals surface area contributed by atoms with Gasteiger partial charge in [0.25, 0.3) is 0 Å². The number of hydrogen-bond donors (Lipinski definition) is 2. The molecule has 0 saturated carbocycles. The topological polar surface area (TPSA) is 68.8 Å². The maximum Gasteiger partial charge on any atom is 0.0761 e. The lowest BCUT2D eigenvalue weighted by molar-refractivity contribution is 0.157. The highest BCUT2D eigenvalue weighted by molar-refractivity contribution is 5.14. The Morgan fingerprint density at radius 2 is 2.29 bits per heavy atom. The van der Waals surface area contributed by atoms with E-state index < -0.39 is 0 Å². The Kier molecular flexibility index (Phi) is 1.66. The van der Waals surface area contributed by atoms with E-state index in [4.69, 9.17) is 5.73 Å². The van der Waals surface area contributed by atoms with Gasteiger partial charge in [-0.25, -0.2) is 4.68 Å². The number of piperidine rings is 1. The Bertz CT molecular complexity index is 339. The molecule has 1 aromatic rings. The third kappa shape index (κ3) is 0.965. The van der Waals surface area contributed by atoms with Crippen molar-refractivity contribution in [2.45, 2.75) is 25.4 Å². The van der Waals surface area contributed by atoms with Gasteiger partial charge in [0, 0.05) is 5.41 Å². The van der Waals surface area contributed by atoms with Gasteiger partial charge in [0.15, 0.2) is 0 Å². The van der Waals surface area contributed by atoms with Gasteiger partial charge in [-0.3, -0.25) is 0 Å². The molecule has 5 heteroatoms. The fourth-order valence-electron chi connectivity index (χ4n) is 2.73. The SMILES string of the molecule is NC1c2cnnn2CC12CCNCC2. The van der Waals surface area contributed by atoms with Gasteiger partial charge in [0.1, 0.15) is 0 Å². The molecule has 5 nitrogen and oxygen atoms in total. The number of fused-ring (bicyclic) bond motifs is 1. The number of nitrogens with one attached hydrogen (secondary N) is 1. The molecule has 1 spiro atoms. The summed E-state index contributed by atoms with van der Waals surface area (Å²) in [5.41, 5.74) is 7.62. The molecule has 1 unspecified atom stereocenters. The largest absolute Gasteiger partial charge is 0.322 e. The molecule has 2 aliphatic heterocycles. The van der Waals surface area contributed by atoms with E-state index in [0.29, 0.717) is 0 Å². The molecule has 0 amide bonds. The molecule has 1 saturated heterocycles. The summed E-state index contributed by atoms with van der Waals surface area (Å²) in [7, 11) is 0. The molecule has 0 aromatic carbocycles. The van der Waals surface area contributed by atoms with Gasteiger partial charge in [0.05, 0.1) is 24.5 Å². The van der Waals surface area contributed by atoms with Crippen molar-refractivity contribution in [2.24, 2.45) is 11.1 Å². The van der Waals surface area contributed by atoms with Gasteiger partial charge in [0.2, 0.25) is 0 Å². The summed E-state index contributed by atoms with van der Waals surface area (Å²) in [6.45, 7) is 3.10. The minimum absolute atomic E-state index is 0.125. The van der Waals surface area contributed by atoms with Crippen molar-refractivity contribution in [1.29, 1.82) is 0 Å². The molecular formula is C9H15N5. The highest BCUT2D eigenvalue weighted by Crippen LogP contribution is 2.45. The van der Waals surface area contributed by atoms with Crippen LogP contribution in [-0.2, 0) is 6.54 Å². The third-order valence-electron chi connectivity index (χ3n) is 3.69. The number of aromatic nitrogens is 3. The van der Waals surface area contributed by atoms with Crippen molar-refractivity contribution in [3.63, 3.8) is 0 Å². The molecule has 3 N–H and O–H groups in total. The molecule has 0 bridgehead atoms. The van der Waals surface area contributed by atoms with Crippen LogP contribution in [-0.4, -0.2) is 28.1 Å². The van der Waals surface area contributed by atoms with Gasteiger partial charge >= 0.3 is 0 Å². The molecule has 0 aliphatic carbocycles. The molecule has 2 aliphatic rings. The van der Waals surface area contributed by atoms with Crippen molar-refractivity contribution in [3.8, 4) is 0 Å². The van der Waals surface area contributed by atoms with Gasteiger partial charge < -0.3 is 11.1 Å². The van der Waals surface area contributed by atoms with Crippen molar-refractivity contribution in [2.75, 3.05) is 13.1 Å².